The molecular weight excluding hydrogens is 148 g/mol. The van der Waals surface area contributed by atoms with Crippen LogP contribution in [0.2, 0.25) is 0 Å². The Hall–Kier alpha value is -0.530. The van der Waals surface area contributed by atoms with Crippen LogP contribution in [0, 0.1) is 5.41 Å². The third-order valence-corrected chi connectivity index (χ3v) is 2.90. The molecule has 0 aromatic heterocycles. The number of hydrogen-bond acceptors (Lipinski definition) is 2. The maximum atomic E-state index is 4.53. The number of piperidine rings is 1. The Labute approximate surface area is 74.6 Å². The minimum atomic E-state index is 0.470. The van der Waals surface area contributed by atoms with E-state index in [-0.39, 0.29) is 0 Å². The SMILES string of the molecule is CC1(/C=N/N2CCCCC2)CC1. The van der Waals surface area contributed by atoms with Gasteiger partial charge in [0.1, 0.15) is 0 Å². The van der Waals surface area contributed by atoms with Crippen LogP contribution in [0.1, 0.15) is 39.0 Å². The van der Waals surface area contributed by atoms with Crippen molar-refractivity contribution in [3.05, 3.63) is 0 Å². The smallest absolute Gasteiger partial charge is 0.0360 e. The third-order valence-electron chi connectivity index (χ3n) is 2.90. The largest absolute Gasteiger partial charge is 0.297 e. The molecule has 2 fully saturated rings. The van der Waals surface area contributed by atoms with E-state index in [1.807, 2.05) is 0 Å². The molecule has 2 rings (SSSR count). The Morgan fingerprint density at radius 2 is 1.83 bits per heavy atom. The molecule has 0 bridgehead atoms. The second kappa shape index (κ2) is 3.08. The summed E-state index contributed by atoms with van der Waals surface area (Å²) in [6.07, 6.45) is 8.89. The summed E-state index contributed by atoms with van der Waals surface area (Å²) >= 11 is 0. The summed E-state index contributed by atoms with van der Waals surface area (Å²) in [5.41, 5.74) is 0.470. The minimum Gasteiger partial charge on any atom is -0.297 e. The first kappa shape index (κ1) is 8.09. The second-order valence-electron chi connectivity index (χ2n) is 4.41. The monoisotopic (exact) mass is 166 g/mol. The molecule has 1 saturated carbocycles. The molecule has 68 valence electrons. The first-order valence-electron chi connectivity index (χ1n) is 5.09. The Kier molecular flexibility index (Phi) is 2.07. The van der Waals surface area contributed by atoms with E-state index in [2.05, 4.69) is 23.2 Å². The quantitative estimate of drug-likeness (QED) is 0.574. The molecule has 1 heterocycles. The Morgan fingerprint density at radius 1 is 1.17 bits per heavy atom. The summed E-state index contributed by atoms with van der Waals surface area (Å²) in [5.74, 6) is 0. The molecule has 0 spiro atoms. The number of hydrogen-bond donors (Lipinski definition) is 0. The van der Waals surface area contributed by atoms with Crippen LogP contribution in [0.15, 0.2) is 5.10 Å². The molecule has 1 saturated heterocycles. The van der Waals surface area contributed by atoms with Crippen molar-refractivity contribution in [3.8, 4) is 0 Å². The predicted molar refractivity (Wildman–Crippen MR) is 51.3 cm³/mol. The lowest BCUT2D eigenvalue weighted by Crippen LogP contribution is -2.25. The Morgan fingerprint density at radius 3 is 2.42 bits per heavy atom. The van der Waals surface area contributed by atoms with Crippen LogP contribution in [0.5, 0.6) is 0 Å². The molecule has 0 radical (unpaired) electrons. The van der Waals surface area contributed by atoms with Crippen LogP contribution in [0.25, 0.3) is 0 Å². The van der Waals surface area contributed by atoms with Gasteiger partial charge in [0.15, 0.2) is 0 Å². The van der Waals surface area contributed by atoms with Gasteiger partial charge in [-0.3, -0.25) is 5.01 Å². The third kappa shape index (κ3) is 1.99. The summed E-state index contributed by atoms with van der Waals surface area (Å²) < 4.78 is 0. The fourth-order valence-electron chi connectivity index (χ4n) is 1.54. The summed E-state index contributed by atoms with van der Waals surface area (Å²) in [7, 11) is 0. The summed E-state index contributed by atoms with van der Waals surface area (Å²) in [5, 5.41) is 6.75. The van der Waals surface area contributed by atoms with Crippen molar-refractivity contribution in [1.82, 2.24) is 5.01 Å². The highest BCUT2D eigenvalue weighted by Crippen LogP contribution is 2.42. The van der Waals surface area contributed by atoms with Gasteiger partial charge in [-0.2, -0.15) is 5.10 Å². The Bertz CT molecular complexity index is 176. The van der Waals surface area contributed by atoms with E-state index < -0.39 is 0 Å². The van der Waals surface area contributed by atoms with Gasteiger partial charge in [-0.25, -0.2) is 0 Å². The van der Waals surface area contributed by atoms with Gasteiger partial charge in [-0.15, -0.1) is 0 Å². The van der Waals surface area contributed by atoms with Crippen LogP contribution in [0.3, 0.4) is 0 Å². The highest BCUT2D eigenvalue weighted by atomic mass is 15.4. The van der Waals surface area contributed by atoms with Gasteiger partial charge in [0.25, 0.3) is 0 Å². The van der Waals surface area contributed by atoms with E-state index in [4.69, 9.17) is 0 Å². The van der Waals surface area contributed by atoms with Crippen molar-refractivity contribution >= 4 is 6.21 Å². The van der Waals surface area contributed by atoms with Gasteiger partial charge in [0, 0.05) is 24.7 Å². The lowest BCUT2D eigenvalue weighted by Gasteiger charge is -2.23. The van der Waals surface area contributed by atoms with Crippen LogP contribution in [0.4, 0.5) is 0 Å². The van der Waals surface area contributed by atoms with Crippen molar-refractivity contribution in [1.29, 1.82) is 0 Å². The zero-order valence-electron chi connectivity index (χ0n) is 7.92. The molecule has 1 aliphatic carbocycles. The lowest BCUT2D eigenvalue weighted by atomic mass is 10.1. The maximum absolute atomic E-state index is 4.53. The Balaban J connectivity index is 1.80. The van der Waals surface area contributed by atoms with Gasteiger partial charge < -0.3 is 0 Å². The van der Waals surface area contributed by atoms with Gasteiger partial charge >= 0.3 is 0 Å². The van der Waals surface area contributed by atoms with E-state index in [1.54, 1.807) is 0 Å². The zero-order chi connectivity index (χ0) is 8.44. The zero-order valence-corrected chi connectivity index (χ0v) is 7.92. The van der Waals surface area contributed by atoms with E-state index in [9.17, 15) is 0 Å². The minimum absolute atomic E-state index is 0.470. The van der Waals surface area contributed by atoms with Crippen LogP contribution in [-0.4, -0.2) is 24.3 Å². The van der Waals surface area contributed by atoms with Gasteiger partial charge in [0.05, 0.1) is 0 Å². The van der Waals surface area contributed by atoms with E-state index in [0.29, 0.717) is 5.41 Å². The first-order chi connectivity index (χ1) is 5.79. The molecule has 12 heavy (non-hydrogen) atoms. The average Bonchev–Trinajstić information content (AvgIpc) is 2.84. The normalized spacial score (nSPS) is 27.9. The fourth-order valence-corrected chi connectivity index (χ4v) is 1.54. The van der Waals surface area contributed by atoms with Crippen molar-refractivity contribution in [3.63, 3.8) is 0 Å². The van der Waals surface area contributed by atoms with Crippen LogP contribution < -0.4 is 0 Å². The topological polar surface area (TPSA) is 15.6 Å². The van der Waals surface area contributed by atoms with Crippen molar-refractivity contribution < 1.29 is 0 Å². The second-order valence-corrected chi connectivity index (χ2v) is 4.41. The van der Waals surface area contributed by atoms with E-state index in [0.717, 1.165) is 0 Å². The number of hydrazone groups is 1. The van der Waals surface area contributed by atoms with Crippen molar-refractivity contribution in [2.24, 2.45) is 10.5 Å². The number of nitrogens with zero attached hydrogens (tertiary/aromatic N) is 2. The van der Waals surface area contributed by atoms with Gasteiger partial charge in [-0.1, -0.05) is 6.92 Å². The molecule has 2 nitrogen and oxygen atoms in total. The van der Waals surface area contributed by atoms with E-state index in [1.165, 1.54) is 45.2 Å². The molecular formula is C10H18N2. The molecule has 0 aromatic rings. The molecule has 0 amide bonds. The summed E-state index contributed by atoms with van der Waals surface area (Å²) in [6, 6.07) is 0. The van der Waals surface area contributed by atoms with Crippen LogP contribution >= 0.6 is 0 Å². The summed E-state index contributed by atoms with van der Waals surface area (Å²) in [4.78, 5) is 0. The molecule has 0 unspecified atom stereocenters. The molecule has 2 heteroatoms. The van der Waals surface area contributed by atoms with Crippen LogP contribution in [-0.2, 0) is 0 Å². The molecule has 0 N–H and O–H groups in total. The highest BCUT2D eigenvalue weighted by molar-refractivity contribution is 5.68. The van der Waals surface area contributed by atoms with Gasteiger partial charge in [-0.05, 0) is 32.1 Å². The molecule has 2 aliphatic rings. The first-order valence-corrected chi connectivity index (χ1v) is 5.09. The number of rotatable bonds is 2. The fraction of sp³-hybridized carbons (Fsp3) is 0.900. The van der Waals surface area contributed by atoms with Crippen molar-refractivity contribution in [2.45, 2.75) is 39.0 Å². The average molecular weight is 166 g/mol. The molecule has 1 aliphatic heterocycles. The lowest BCUT2D eigenvalue weighted by molar-refractivity contribution is 0.239. The van der Waals surface area contributed by atoms with Gasteiger partial charge in [0.2, 0.25) is 0 Å². The highest BCUT2D eigenvalue weighted by Gasteiger charge is 2.35. The molecule has 0 atom stereocenters. The maximum Gasteiger partial charge on any atom is 0.0360 e. The summed E-state index contributed by atoms with van der Waals surface area (Å²) in [6.45, 7) is 4.64. The predicted octanol–water partition coefficient (Wildman–Crippen LogP) is 2.26. The molecule has 0 aromatic carbocycles. The standard InChI is InChI=1S/C10H18N2/c1-10(5-6-10)9-11-12-7-3-2-4-8-12/h9H,2-8H2,1H3/b11-9+. The van der Waals surface area contributed by atoms with E-state index >= 15 is 0 Å². The van der Waals surface area contributed by atoms with Crippen molar-refractivity contribution in [2.75, 3.05) is 13.1 Å².